The minimum absolute atomic E-state index is 0.201. The van der Waals surface area contributed by atoms with Crippen LogP contribution in [0.5, 0.6) is 0 Å². The van der Waals surface area contributed by atoms with E-state index in [1.54, 1.807) is 4.31 Å². The Morgan fingerprint density at radius 1 is 1.21 bits per heavy atom. The second-order valence-electron chi connectivity index (χ2n) is 6.84. The zero-order valence-electron chi connectivity index (χ0n) is 13.4. The number of sulfonamides is 1. The first-order valence-electron chi connectivity index (χ1n) is 8.34. The summed E-state index contributed by atoms with van der Waals surface area (Å²) in [5.41, 5.74) is -0.532. The van der Waals surface area contributed by atoms with Gasteiger partial charge in [-0.1, -0.05) is 0 Å². The molecule has 1 spiro atoms. The van der Waals surface area contributed by atoms with Gasteiger partial charge in [0.1, 0.15) is 0 Å². The number of nitrogens with zero attached hydrogens (tertiary/aromatic N) is 4. The highest BCUT2D eigenvalue weighted by Crippen LogP contribution is 2.36. The summed E-state index contributed by atoms with van der Waals surface area (Å²) in [4.78, 5) is 10.0. The SMILES string of the molecule is O=S(=O)(C1CC1)N1CCOC2(CCCN(c3ncc(F)cn3)C2)C1. The number of piperidine rings is 1. The van der Waals surface area contributed by atoms with Gasteiger partial charge in [-0.15, -0.1) is 0 Å². The lowest BCUT2D eigenvalue weighted by Gasteiger charge is -2.47. The maximum Gasteiger partial charge on any atom is 0.225 e. The van der Waals surface area contributed by atoms with Crippen LogP contribution in [0.25, 0.3) is 0 Å². The Balaban J connectivity index is 1.52. The van der Waals surface area contributed by atoms with Crippen molar-refractivity contribution in [3.8, 4) is 0 Å². The number of anilines is 1. The molecule has 1 unspecified atom stereocenters. The van der Waals surface area contributed by atoms with Gasteiger partial charge in [0.2, 0.25) is 16.0 Å². The monoisotopic (exact) mass is 356 g/mol. The number of rotatable bonds is 3. The van der Waals surface area contributed by atoms with Crippen LogP contribution in [0.2, 0.25) is 0 Å². The fourth-order valence-corrected chi connectivity index (χ4v) is 5.49. The molecule has 1 aromatic rings. The third-order valence-electron chi connectivity index (χ3n) is 4.95. The number of hydrogen-bond donors (Lipinski definition) is 0. The van der Waals surface area contributed by atoms with Gasteiger partial charge >= 0.3 is 0 Å². The van der Waals surface area contributed by atoms with Gasteiger partial charge in [-0.25, -0.2) is 22.8 Å². The third-order valence-corrected chi connectivity index (χ3v) is 7.29. The molecule has 3 heterocycles. The van der Waals surface area contributed by atoms with Gasteiger partial charge < -0.3 is 9.64 Å². The molecule has 3 fully saturated rings. The van der Waals surface area contributed by atoms with Crippen molar-refractivity contribution in [3.05, 3.63) is 18.2 Å². The second-order valence-corrected chi connectivity index (χ2v) is 9.05. The van der Waals surface area contributed by atoms with Crippen LogP contribution in [0.15, 0.2) is 12.4 Å². The highest BCUT2D eigenvalue weighted by atomic mass is 32.2. The van der Waals surface area contributed by atoms with Crippen LogP contribution in [-0.2, 0) is 14.8 Å². The lowest BCUT2D eigenvalue weighted by Crippen LogP contribution is -2.61. The predicted octanol–water partition coefficient (Wildman–Crippen LogP) is 0.779. The van der Waals surface area contributed by atoms with Crippen molar-refractivity contribution in [2.75, 3.05) is 37.7 Å². The fraction of sp³-hybridized carbons (Fsp3) is 0.733. The van der Waals surface area contributed by atoms with E-state index in [-0.39, 0.29) is 5.25 Å². The Hall–Kier alpha value is -1.32. The number of morpholine rings is 1. The summed E-state index contributed by atoms with van der Waals surface area (Å²) in [6.07, 6.45) is 5.49. The van der Waals surface area contributed by atoms with Gasteiger partial charge in [-0.3, -0.25) is 0 Å². The summed E-state index contributed by atoms with van der Waals surface area (Å²) in [5, 5.41) is -0.201. The lowest BCUT2D eigenvalue weighted by atomic mass is 9.91. The minimum atomic E-state index is -3.20. The summed E-state index contributed by atoms with van der Waals surface area (Å²) in [6, 6.07) is 0. The van der Waals surface area contributed by atoms with Gasteiger partial charge in [0.25, 0.3) is 0 Å². The molecule has 0 amide bonds. The van der Waals surface area contributed by atoms with E-state index in [1.807, 2.05) is 4.90 Å². The van der Waals surface area contributed by atoms with Crippen LogP contribution in [0, 0.1) is 5.82 Å². The lowest BCUT2D eigenvalue weighted by molar-refractivity contribution is -0.0952. The highest BCUT2D eigenvalue weighted by Gasteiger charge is 2.47. The van der Waals surface area contributed by atoms with Crippen molar-refractivity contribution in [1.82, 2.24) is 14.3 Å². The Bertz CT molecular complexity index is 706. The maximum absolute atomic E-state index is 13.0. The van der Waals surface area contributed by atoms with Crippen LogP contribution in [0.4, 0.5) is 10.3 Å². The molecule has 2 saturated heterocycles. The quantitative estimate of drug-likeness (QED) is 0.797. The molecule has 1 saturated carbocycles. The van der Waals surface area contributed by atoms with Crippen LogP contribution in [0.3, 0.4) is 0 Å². The Kier molecular flexibility index (Phi) is 3.97. The molecule has 132 valence electrons. The average Bonchev–Trinajstić information content (AvgIpc) is 3.41. The van der Waals surface area contributed by atoms with Crippen LogP contribution >= 0.6 is 0 Å². The number of halogens is 1. The summed E-state index contributed by atoms with van der Waals surface area (Å²) in [6.45, 7) is 2.49. The smallest absolute Gasteiger partial charge is 0.225 e. The van der Waals surface area contributed by atoms with Crippen molar-refractivity contribution in [2.45, 2.75) is 36.5 Å². The molecule has 1 atom stereocenters. The zero-order chi connectivity index (χ0) is 16.8. The van der Waals surface area contributed by atoms with E-state index in [9.17, 15) is 12.8 Å². The number of ether oxygens (including phenoxy) is 1. The predicted molar refractivity (Wildman–Crippen MR) is 85.6 cm³/mol. The van der Waals surface area contributed by atoms with Gasteiger partial charge in [0.05, 0.1) is 36.4 Å². The molecule has 0 N–H and O–H groups in total. The summed E-state index contributed by atoms with van der Waals surface area (Å²) in [7, 11) is -3.20. The molecule has 9 heteroatoms. The van der Waals surface area contributed by atoms with E-state index in [1.165, 1.54) is 0 Å². The molecule has 1 aromatic heterocycles. The minimum Gasteiger partial charge on any atom is -0.370 e. The van der Waals surface area contributed by atoms with Gasteiger partial charge in [-0.2, -0.15) is 4.31 Å². The van der Waals surface area contributed by atoms with Crippen molar-refractivity contribution in [2.24, 2.45) is 0 Å². The topological polar surface area (TPSA) is 75.6 Å². The molecule has 7 nitrogen and oxygen atoms in total. The number of hydrogen-bond acceptors (Lipinski definition) is 6. The second kappa shape index (κ2) is 5.89. The fourth-order valence-electron chi connectivity index (χ4n) is 3.59. The third kappa shape index (κ3) is 3.00. The molecule has 0 radical (unpaired) electrons. The van der Waals surface area contributed by atoms with E-state index in [4.69, 9.17) is 4.74 Å². The molecule has 1 aliphatic carbocycles. The van der Waals surface area contributed by atoms with E-state index >= 15 is 0 Å². The largest absolute Gasteiger partial charge is 0.370 e. The maximum atomic E-state index is 13.0. The van der Waals surface area contributed by atoms with E-state index in [0.717, 1.165) is 44.6 Å². The summed E-state index contributed by atoms with van der Waals surface area (Å²) in [5.74, 6) is -0.0117. The van der Waals surface area contributed by atoms with E-state index < -0.39 is 21.4 Å². The van der Waals surface area contributed by atoms with Gasteiger partial charge in [0.15, 0.2) is 5.82 Å². The summed E-state index contributed by atoms with van der Waals surface area (Å²) < 4.78 is 45.8. The first-order valence-corrected chi connectivity index (χ1v) is 9.84. The Morgan fingerprint density at radius 3 is 2.67 bits per heavy atom. The first kappa shape index (κ1) is 16.2. The van der Waals surface area contributed by atoms with Gasteiger partial charge in [-0.05, 0) is 25.7 Å². The normalized spacial score (nSPS) is 29.1. The molecule has 4 rings (SSSR count). The average molecular weight is 356 g/mol. The molecule has 0 bridgehead atoms. The highest BCUT2D eigenvalue weighted by molar-refractivity contribution is 7.90. The van der Waals surface area contributed by atoms with Crippen molar-refractivity contribution >= 4 is 16.0 Å². The van der Waals surface area contributed by atoms with Crippen molar-refractivity contribution in [1.29, 1.82) is 0 Å². The van der Waals surface area contributed by atoms with Crippen molar-refractivity contribution in [3.63, 3.8) is 0 Å². The molecule has 3 aliphatic rings. The van der Waals surface area contributed by atoms with Crippen LogP contribution in [0.1, 0.15) is 25.7 Å². The Labute approximate surface area is 140 Å². The van der Waals surface area contributed by atoms with Crippen LogP contribution in [-0.4, -0.2) is 66.3 Å². The molecular formula is C15H21FN4O3S. The molecule has 0 aromatic carbocycles. The first-order chi connectivity index (χ1) is 11.5. The molecular weight excluding hydrogens is 335 g/mol. The standard InChI is InChI=1S/C15H21FN4O3S/c16-12-8-17-14(18-9-12)19-5-1-4-15(10-19)11-20(6-7-23-15)24(21,22)13-2-3-13/h8-9,13H,1-7,10-11H2. The molecule has 24 heavy (non-hydrogen) atoms. The van der Waals surface area contributed by atoms with E-state index in [0.29, 0.717) is 32.2 Å². The van der Waals surface area contributed by atoms with E-state index in [2.05, 4.69) is 9.97 Å². The number of aromatic nitrogens is 2. The zero-order valence-corrected chi connectivity index (χ0v) is 14.2. The van der Waals surface area contributed by atoms with Crippen molar-refractivity contribution < 1.29 is 17.5 Å². The summed E-state index contributed by atoms with van der Waals surface area (Å²) >= 11 is 0. The van der Waals surface area contributed by atoms with Crippen LogP contribution < -0.4 is 4.90 Å². The Morgan fingerprint density at radius 2 is 1.96 bits per heavy atom. The van der Waals surface area contributed by atoms with Gasteiger partial charge in [0, 0.05) is 19.6 Å². The molecule has 2 aliphatic heterocycles.